The molecular weight excluding hydrogens is 225 g/mol. The molecule has 0 aliphatic rings. The average Bonchev–Trinajstić information content (AvgIpc) is 2.62. The van der Waals surface area contributed by atoms with Gasteiger partial charge >= 0.3 is 6.18 Å². The summed E-state index contributed by atoms with van der Waals surface area (Å²) in [6.07, 6.45) is -2.08. The minimum atomic E-state index is -4.33. The Labute approximate surface area is 90.5 Å². The Morgan fingerprint density at radius 1 is 1.53 bits per heavy atom. The van der Waals surface area contributed by atoms with E-state index in [-0.39, 0.29) is 6.04 Å². The van der Waals surface area contributed by atoms with Crippen molar-refractivity contribution in [2.75, 3.05) is 6.54 Å². The molecule has 86 valence electrons. The maximum absolute atomic E-state index is 12.2. The molecule has 1 aromatic rings. The van der Waals surface area contributed by atoms with Crippen LogP contribution in [-0.4, -0.2) is 11.5 Å². The fourth-order valence-corrected chi connectivity index (χ4v) is 1.89. The summed E-state index contributed by atoms with van der Waals surface area (Å²) in [5.74, 6) is 0. The van der Waals surface area contributed by atoms with Crippen molar-refractivity contribution in [3.05, 3.63) is 16.1 Å². The van der Waals surface area contributed by atoms with Crippen LogP contribution in [0.3, 0.4) is 0 Å². The van der Waals surface area contributed by atoms with E-state index in [0.29, 0.717) is 16.2 Å². The van der Waals surface area contributed by atoms with E-state index >= 15 is 0 Å². The monoisotopic (exact) mass is 238 g/mol. The minimum absolute atomic E-state index is 0.0708. The quantitative estimate of drug-likeness (QED) is 0.871. The van der Waals surface area contributed by atoms with Crippen molar-refractivity contribution in [1.29, 1.82) is 0 Å². The molecule has 6 heteroatoms. The van der Waals surface area contributed by atoms with Crippen molar-refractivity contribution in [3.63, 3.8) is 0 Å². The number of halogens is 3. The van der Waals surface area contributed by atoms with Gasteiger partial charge in [0, 0.05) is 17.1 Å². The van der Waals surface area contributed by atoms with Crippen LogP contribution < -0.4 is 5.32 Å². The summed E-state index contributed by atoms with van der Waals surface area (Å²) in [5, 5.41) is 2.34. The summed E-state index contributed by atoms with van der Waals surface area (Å²) in [7, 11) is 0. The molecule has 1 heterocycles. The standard InChI is InChI=1S/C9H13F3N2S/c1-3-4-13-6(2)7-5-14-8(15-7)9(10,11)12/h5-6,13H,3-4H2,1-2H3. The molecule has 1 rings (SSSR count). The second kappa shape index (κ2) is 4.94. The third-order valence-corrected chi connectivity index (χ3v) is 3.12. The first kappa shape index (κ1) is 12.4. The normalized spacial score (nSPS) is 14.2. The second-order valence-corrected chi connectivity index (χ2v) is 4.30. The number of hydrogen-bond donors (Lipinski definition) is 1. The number of aromatic nitrogens is 1. The van der Waals surface area contributed by atoms with E-state index < -0.39 is 11.2 Å². The lowest BCUT2D eigenvalue weighted by Crippen LogP contribution is -2.18. The van der Waals surface area contributed by atoms with Gasteiger partial charge in [0.1, 0.15) is 0 Å². The maximum atomic E-state index is 12.2. The molecule has 0 aliphatic heterocycles. The Hall–Kier alpha value is -0.620. The molecule has 0 aliphatic carbocycles. The minimum Gasteiger partial charge on any atom is -0.309 e. The number of nitrogens with one attached hydrogen (secondary N) is 1. The Balaban J connectivity index is 2.67. The first-order valence-electron chi connectivity index (χ1n) is 4.71. The van der Waals surface area contributed by atoms with Gasteiger partial charge in [0.2, 0.25) is 0 Å². The van der Waals surface area contributed by atoms with Gasteiger partial charge in [-0.1, -0.05) is 6.92 Å². The zero-order valence-electron chi connectivity index (χ0n) is 8.56. The molecule has 0 radical (unpaired) electrons. The predicted octanol–water partition coefficient (Wildman–Crippen LogP) is 3.22. The summed E-state index contributed by atoms with van der Waals surface area (Å²) in [4.78, 5) is 3.99. The van der Waals surface area contributed by atoms with E-state index in [4.69, 9.17) is 0 Å². The second-order valence-electron chi connectivity index (χ2n) is 3.24. The summed E-state index contributed by atoms with van der Waals surface area (Å²) in [5.41, 5.74) is 0. The van der Waals surface area contributed by atoms with E-state index in [1.807, 2.05) is 13.8 Å². The Kier molecular flexibility index (Phi) is 4.10. The highest BCUT2D eigenvalue weighted by atomic mass is 32.1. The molecule has 0 saturated carbocycles. The third kappa shape index (κ3) is 3.46. The summed E-state index contributed by atoms with van der Waals surface area (Å²) >= 11 is 0.700. The van der Waals surface area contributed by atoms with Gasteiger partial charge in [0.25, 0.3) is 0 Å². The summed E-state index contributed by atoms with van der Waals surface area (Å²) < 4.78 is 36.7. The molecule has 1 unspecified atom stereocenters. The molecule has 0 bridgehead atoms. The number of hydrogen-bond acceptors (Lipinski definition) is 3. The lowest BCUT2D eigenvalue weighted by molar-refractivity contribution is -0.137. The molecule has 1 aromatic heterocycles. The van der Waals surface area contributed by atoms with Crippen LogP contribution in [0, 0.1) is 0 Å². The van der Waals surface area contributed by atoms with Gasteiger partial charge < -0.3 is 5.32 Å². The van der Waals surface area contributed by atoms with Gasteiger partial charge in [-0.05, 0) is 19.9 Å². The van der Waals surface area contributed by atoms with Crippen molar-refractivity contribution in [3.8, 4) is 0 Å². The van der Waals surface area contributed by atoms with Crippen molar-refractivity contribution >= 4 is 11.3 Å². The molecule has 0 saturated heterocycles. The molecule has 1 N–H and O–H groups in total. The maximum Gasteiger partial charge on any atom is 0.443 e. The van der Waals surface area contributed by atoms with Crippen LogP contribution in [0.4, 0.5) is 13.2 Å². The van der Waals surface area contributed by atoms with Crippen LogP contribution in [0.1, 0.15) is 36.2 Å². The fourth-order valence-electron chi connectivity index (χ4n) is 1.08. The Morgan fingerprint density at radius 2 is 2.20 bits per heavy atom. The largest absolute Gasteiger partial charge is 0.443 e. The van der Waals surface area contributed by atoms with Gasteiger partial charge in [-0.25, -0.2) is 4.98 Å². The number of rotatable bonds is 4. The number of thiazole rings is 1. The smallest absolute Gasteiger partial charge is 0.309 e. The van der Waals surface area contributed by atoms with Crippen molar-refractivity contribution < 1.29 is 13.2 Å². The SMILES string of the molecule is CCCNC(C)c1cnc(C(F)(F)F)s1. The van der Waals surface area contributed by atoms with Crippen LogP contribution in [0.5, 0.6) is 0 Å². The first-order chi connectivity index (χ1) is 6.95. The zero-order valence-corrected chi connectivity index (χ0v) is 9.37. The molecule has 2 nitrogen and oxygen atoms in total. The molecular formula is C9H13F3N2S. The van der Waals surface area contributed by atoms with E-state index in [0.717, 1.165) is 13.0 Å². The highest BCUT2D eigenvalue weighted by Gasteiger charge is 2.34. The highest BCUT2D eigenvalue weighted by Crippen LogP contribution is 2.34. The first-order valence-corrected chi connectivity index (χ1v) is 5.53. The topological polar surface area (TPSA) is 24.9 Å². The predicted molar refractivity (Wildman–Crippen MR) is 53.8 cm³/mol. The molecule has 0 fully saturated rings. The van der Waals surface area contributed by atoms with Crippen LogP contribution in [0.2, 0.25) is 0 Å². The van der Waals surface area contributed by atoms with Crippen molar-refractivity contribution in [1.82, 2.24) is 10.3 Å². The molecule has 15 heavy (non-hydrogen) atoms. The van der Waals surface area contributed by atoms with E-state index in [1.54, 1.807) is 0 Å². The summed E-state index contributed by atoms with van der Waals surface area (Å²) in [6.45, 7) is 4.64. The van der Waals surface area contributed by atoms with Gasteiger partial charge in [-0.2, -0.15) is 13.2 Å². The Bertz CT molecular complexity index is 309. The third-order valence-electron chi connectivity index (χ3n) is 1.89. The van der Waals surface area contributed by atoms with E-state index in [2.05, 4.69) is 10.3 Å². The highest BCUT2D eigenvalue weighted by molar-refractivity contribution is 7.11. The van der Waals surface area contributed by atoms with Crippen molar-refractivity contribution in [2.24, 2.45) is 0 Å². The fraction of sp³-hybridized carbons (Fsp3) is 0.667. The van der Waals surface area contributed by atoms with E-state index in [9.17, 15) is 13.2 Å². The number of nitrogens with zero attached hydrogens (tertiary/aromatic N) is 1. The van der Waals surface area contributed by atoms with Gasteiger partial charge in [0.15, 0.2) is 5.01 Å². The molecule has 0 spiro atoms. The van der Waals surface area contributed by atoms with Crippen LogP contribution in [0.25, 0.3) is 0 Å². The van der Waals surface area contributed by atoms with Gasteiger partial charge in [-0.3, -0.25) is 0 Å². The molecule has 0 amide bonds. The van der Waals surface area contributed by atoms with Crippen LogP contribution >= 0.6 is 11.3 Å². The van der Waals surface area contributed by atoms with Crippen LogP contribution in [-0.2, 0) is 6.18 Å². The van der Waals surface area contributed by atoms with Gasteiger partial charge in [-0.15, -0.1) is 11.3 Å². The van der Waals surface area contributed by atoms with Gasteiger partial charge in [0.05, 0.1) is 0 Å². The van der Waals surface area contributed by atoms with Crippen LogP contribution in [0.15, 0.2) is 6.20 Å². The lowest BCUT2D eigenvalue weighted by atomic mass is 10.3. The Morgan fingerprint density at radius 3 is 2.67 bits per heavy atom. The summed E-state index contributed by atoms with van der Waals surface area (Å²) in [6, 6.07) is -0.0708. The molecule has 0 aromatic carbocycles. The lowest BCUT2D eigenvalue weighted by Gasteiger charge is -2.09. The molecule has 1 atom stereocenters. The zero-order chi connectivity index (χ0) is 11.5. The average molecular weight is 238 g/mol. The van der Waals surface area contributed by atoms with E-state index in [1.165, 1.54) is 6.20 Å². The number of alkyl halides is 3. The van der Waals surface area contributed by atoms with Crippen molar-refractivity contribution in [2.45, 2.75) is 32.5 Å².